The van der Waals surface area contributed by atoms with Gasteiger partial charge in [-0.15, -0.1) is 11.3 Å². The summed E-state index contributed by atoms with van der Waals surface area (Å²) in [7, 11) is 0. The van der Waals surface area contributed by atoms with Crippen LogP contribution in [0.4, 0.5) is 0 Å². The van der Waals surface area contributed by atoms with Crippen molar-refractivity contribution in [3.8, 4) is 5.88 Å². The van der Waals surface area contributed by atoms with E-state index in [1.54, 1.807) is 17.5 Å². The summed E-state index contributed by atoms with van der Waals surface area (Å²) < 4.78 is 5.61. The Morgan fingerprint density at radius 1 is 1.42 bits per heavy atom. The van der Waals surface area contributed by atoms with Gasteiger partial charge in [0, 0.05) is 30.6 Å². The van der Waals surface area contributed by atoms with Crippen molar-refractivity contribution in [2.24, 2.45) is 11.8 Å². The number of ether oxygens (including phenoxy) is 1. The fourth-order valence-corrected chi connectivity index (χ4v) is 3.21. The van der Waals surface area contributed by atoms with E-state index in [9.17, 15) is 4.79 Å². The van der Waals surface area contributed by atoms with Crippen LogP contribution in [0.15, 0.2) is 23.7 Å². The Hall–Kier alpha value is -1.95. The van der Waals surface area contributed by atoms with E-state index in [0.717, 1.165) is 23.6 Å². The number of thiazole rings is 1. The predicted octanol–water partition coefficient (Wildman–Crippen LogP) is 3.46. The smallest absolute Gasteiger partial charge is 0.271 e. The van der Waals surface area contributed by atoms with Crippen molar-refractivity contribution in [1.82, 2.24) is 15.3 Å². The zero-order valence-corrected chi connectivity index (χ0v) is 14.9. The van der Waals surface area contributed by atoms with E-state index in [1.807, 2.05) is 17.5 Å². The molecule has 0 aromatic carbocycles. The Labute approximate surface area is 146 Å². The number of hydrogen-bond acceptors (Lipinski definition) is 5. The topological polar surface area (TPSA) is 64.1 Å². The fraction of sp³-hybridized carbons (Fsp3) is 0.500. The first-order chi connectivity index (χ1) is 11.6. The van der Waals surface area contributed by atoms with Gasteiger partial charge in [-0.1, -0.05) is 19.9 Å². The number of amides is 1. The maximum atomic E-state index is 12.2. The molecule has 5 nitrogen and oxygen atoms in total. The van der Waals surface area contributed by atoms with Gasteiger partial charge in [0.25, 0.3) is 5.91 Å². The highest BCUT2D eigenvalue weighted by atomic mass is 32.1. The first-order valence-electron chi connectivity index (χ1n) is 8.40. The number of hydrogen-bond donors (Lipinski definition) is 1. The summed E-state index contributed by atoms with van der Waals surface area (Å²) in [5, 5.41) is 5.71. The van der Waals surface area contributed by atoms with Gasteiger partial charge in [-0.05, 0) is 30.2 Å². The predicted molar refractivity (Wildman–Crippen MR) is 94.3 cm³/mol. The molecule has 0 aliphatic heterocycles. The number of carbonyl (C=O) groups is 1. The van der Waals surface area contributed by atoms with Crippen LogP contribution < -0.4 is 10.1 Å². The molecular weight excluding hydrogens is 322 g/mol. The summed E-state index contributed by atoms with van der Waals surface area (Å²) in [5.74, 6) is 1.76. The molecule has 2 heterocycles. The Morgan fingerprint density at radius 2 is 2.25 bits per heavy atom. The van der Waals surface area contributed by atoms with Crippen molar-refractivity contribution in [3.63, 3.8) is 0 Å². The van der Waals surface area contributed by atoms with Crippen LogP contribution in [0.5, 0.6) is 5.88 Å². The molecule has 6 heteroatoms. The SMILES string of the molecule is CC(C)Cc1nc(C(=O)NCc2ccc(OCC3CC3)nc2)cs1. The molecule has 128 valence electrons. The van der Waals surface area contributed by atoms with E-state index in [4.69, 9.17) is 4.74 Å². The third-order valence-corrected chi connectivity index (χ3v) is 4.65. The second kappa shape index (κ2) is 7.75. The van der Waals surface area contributed by atoms with Gasteiger partial charge in [0.2, 0.25) is 5.88 Å². The minimum atomic E-state index is -0.143. The van der Waals surface area contributed by atoms with Crippen LogP contribution in [0.3, 0.4) is 0 Å². The summed E-state index contributed by atoms with van der Waals surface area (Å²) >= 11 is 1.54. The molecule has 0 radical (unpaired) electrons. The Kier molecular flexibility index (Phi) is 5.45. The molecule has 0 atom stereocenters. The average Bonchev–Trinajstić information content (AvgIpc) is 3.29. The maximum absolute atomic E-state index is 12.2. The lowest BCUT2D eigenvalue weighted by atomic mass is 10.1. The van der Waals surface area contributed by atoms with E-state index in [-0.39, 0.29) is 5.91 Å². The molecule has 1 saturated carbocycles. The number of carbonyl (C=O) groups excluding carboxylic acids is 1. The van der Waals surface area contributed by atoms with Crippen molar-refractivity contribution < 1.29 is 9.53 Å². The number of rotatable bonds is 8. The van der Waals surface area contributed by atoms with Crippen molar-refractivity contribution in [2.45, 2.75) is 39.7 Å². The highest BCUT2D eigenvalue weighted by Gasteiger charge is 2.22. The van der Waals surface area contributed by atoms with Crippen molar-refractivity contribution in [2.75, 3.05) is 6.61 Å². The van der Waals surface area contributed by atoms with E-state index < -0.39 is 0 Å². The van der Waals surface area contributed by atoms with Crippen LogP contribution in [0.1, 0.15) is 47.7 Å². The molecule has 0 spiro atoms. The average molecular weight is 345 g/mol. The zero-order valence-electron chi connectivity index (χ0n) is 14.1. The Morgan fingerprint density at radius 3 is 2.92 bits per heavy atom. The van der Waals surface area contributed by atoms with Crippen LogP contribution in [-0.4, -0.2) is 22.5 Å². The number of nitrogens with one attached hydrogen (secondary N) is 1. The number of aromatic nitrogens is 2. The molecule has 1 amide bonds. The Balaban J connectivity index is 1.47. The fourth-order valence-electron chi connectivity index (χ4n) is 2.22. The minimum Gasteiger partial charge on any atom is -0.477 e. The molecule has 0 unspecified atom stereocenters. The molecule has 24 heavy (non-hydrogen) atoms. The van der Waals surface area contributed by atoms with Gasteiger partial charge < -0.3 is 10.1 Å². The van der Waals surface area contributed by atoms with E-state index in [1.165, 1.54) is 12.8 Å². The van der Waals surface area contributed by atoms with Gasteiger partial charge in [-0.2, -0.15) is 0 Å². The normalized spacial score (nSPS) is 14.0. The molecule has 2 aromatic heterocycles. The van der Waals surface area contributed by atoms with Crippen LogP contribution in [-0.2, 0) is 13.0 Å². The first-order valence-corrected chi connectivity index (χ1v) is 9.28. The van der Waals surface area contributed by atoms with Crippen molar-refractivity contribution in [1.29, 1.82) is 0 Å². The third-order valence-electron chi connectivity index (χ3n) is 3.78. The lowest BCUT2D eigenvalue weighted by Gasteiger charge is -2.06. The van der Waals surface area contributed by atoms with Crippen LogP contribution >= 0.6 is 11.3 Å². The molecule has 1 N–H and O–H groups in total. The van der Waals surface area contributed by atoms with Crippen molar-refractivity contribution in [3.05, 3.63) is 40.0 Å². The zero-order chi connectivity index (χ0) is 16.9. The van der Waals surface area contributed by atoms with Crippen LogP contribution in [0.25, 0.3) is 0 Å². The van der Waals surface area contributed by atoms with E-state index in [0.29, 0.717) is 30.0 Å². The maximum Gasteiger partial charge on any atom is 0.271 e. The summed E-state index contributed by atoms with van der Waals surface area (Å²) in [5.41, 5.74) is 1.44. The largest absolute Gasteiger partial charge is 0.477 e. The minimum absolute atomic E-state index is 0.143. The van der Waals surface area contributed by atoms with Gasteiger partial charge in [-0.3, -0.25) is 4.79 Å². The second-order valence-corrected chi connectivity index (χ2v) is 7.61. The standard InChI is InChI=1S/C18H23N3O2S/c1-12(2)7-17-21-15(11-24-17)18(22)20-9-14-5-6-16(19-8-14)23-10-13-3-4-13/h5-6,8,11-13H,3-4,7,9-10H2,1-2H3,(H,20,22). The molecular formula is C18H23N3O2S. The molecule has 0 saturated heterocycles. The van der Waals surface area contributed by atoms with Crippen molar-refractivity contribution >= 4 is 17.2 Å². The highest BCUT2D eigenvalue weighted by molar-refractivity contribution is 7.09. The molecule has 0 bridgehead atoms. The van der Waals surface area contributed by atoms with Crippen LogP contribution in [0, 0.1) is 11.8 Å². The highest BCUT2D eigenvalue weighted by Crippen LogP contribution is 2.29. The summed E-state index contributed by atoms with van der Waals surface area (Å²) in [4.78, 5) is 20.8. The third kappa shape index (κ3) is 5.03. The van der Waals surface area contributed by atoms with Gasteiger partial charge >= 0.3 is 0 Å². The second-order valence-electron chi connectivity index (χ2n) is 6.67. The summed E-state index contributed by atoms with van der Waals surface area (Å²) in [6.07, 6.45) is 5.18. The quantitative estimate of drug-likeness (QED) is 0.796. The lowest BCUT2D eigenvalue weighted by molar-refractivity contribution is 0.0946. The first kappa shape index (κ1) is 16.9. The van der Waals surface area contributed by atoms with Gasteiger partial charge in [-0.25, -0.2) is 9.97 Å². The van der Waals surface area contributed by atoms with Crippen LogP contribution in [0.2, 0.25) is 0 Å². The van der Waals surface area contributed by atoms with Gasteiger partial charge in [0.05, 0.1) is 11.6 Å². The molecule has 1 aliphatic rings. The van der Waals surface area contributed by atoms with E-state index >= 15 is 0 Å². The molecule has 1 aliphatic carbocycles. The molecule has 1 fully saturated rings. The Bertz CT molecular complexity index is 678. The van der Waals surface area contributed by atoms with Gasteiger partial charge in [0.1, 0.15) is 5.69 Å². The number of nitrogens with zero attached hydrogens (tertiary/aromatic N) is 2. The molecule has 2 aromatic rings. The number of pyridine rings is 1. The molecule has 3 rings (SSSR count). The summed E-state index contributed by atoms with van der Waals surface area (Å²) in [6, 6.07) is 3.79. The monoisotopic (exact) mass is 345 g/mol. The van der Waals surface area contributed by atoms with E-state index in [2.05, 4.69) is 29.1 Å². The summed E-state index contributed by atoms with van der Waals surface area (Å²) in [6.45, 7) is 5.48. The lowest BCUT2D eigenvalue weighted by Crippen LogP contribution is -2.23. The van der Waals surface area contributed by atoms with Gasteiger partial charge in [0.15, 0.2) is 0 Å².